The molecular formula is C10H18N2O6. The lowest BCUT2D eigenvalue weighted by molar-refractivity contribution is 0.0450. The van der Waals surface area contributed by atoms with Crippen molar-refractivity contribution in [3.8, 4) is 5.75 Å². The number of carbonyl (C=O) groups is 1. The first-order chi connectivity index (χ1) is 8.60. The largest absolute Gasteiger partial charge is 0.511 e. The highest BCUT2D eigenvalue weighted by atomic mass is 16.7. The van der Waals surface area contributed by atoms with Gasteiger partial charge < -0.3 is 25.2 Å². The van der Waals surface area contributed by atoms with Crippen LogP contribution in [-0.4, -0.2) is 45.9 Å². The van der Waals surface area contributed by atoms with Crippen LogP contribution in [0.4, 0.5) is 4.79 Å². The summed E-state index contributed by atoms with van der Waals surface area (Å²) in [5.41, 5.74) is 0. The molecule has 0 aromatic heterocycles. The van der Waals surface area contributed by atoms with Crippen LogP contribution in [-0.2, 0) is 0 Å². The van der Waals surface area contributed by atoms with Gasteiger partial charge in [-0.2, -0.15) is 0 Å². The van der Waals surface area contributed by atoms with Gasteiger partial charge in [-0.3, -0.25) is 11.7 Å². The third-order valence-electron chi connectivity index (χ3n) is 1.37. The Morgan fingerprint density at radius 1 is 1.17 bits per heavy atom. The Balaban J connectivity index is 0. The number of nitrogens with two attached hydrogens (primary N) is 2. The molecule has 104 valence electrons. The zero-order valence-corrected chi connectivity index (χ0v) is 9.64. The first-order valence-electron chi connectivity index (χ1n) is 4.79. The maximum absolute atomic E-state index is 9.95. The van der Waals surface area contributed by atoms with Crippen molar-refractivity contribution < 1.29 is 30.0 Å². The second kappa shape index (κ2) is 13.4. The van der Waals surface area contributed by atoms with Crippen molar-refractivity contribution in [1.29, 1.82) is 0 Å². The summed E-state index contributed by atoms with van der Waals surface area (Å²) in [6.07, 6.45) is -2.24. The number of carboxylic acid groups (broad SMARTS) is 1. The second-order valence-corrected chi connectivity index (χ2v) is 2.70. The van der Waals surface area contributed by atoms with Crippen LogP contribution in [0.2, 0.25) is 0 Å². The van der Waals surface area contributed by atoms with E-state index in [0.29, 0.717) is 5.75 Å². The standard InChI is InChI=1S/C7H6O3.C3H8O3.H4N2/c8-7(9)10-6-4-2-1-3-5-6;4-1-3(6)2-5;1-2/h1-5H,(H,8,9);3-6H,1-2H2;1-2H2. The highest BCUT2D eigenvalue weighted by Crippen LogP contribution is 2.07. The van der Waals surface area contributed by atoms with E-state index in [1.54, 1.807) is 30.3 Å². The molecule has 1 aromatic rings. The van der Waals surface area contributed by atoms with Crippen LogP contribution in [0.5, 0.6) is 5.75 Å². The summed E-state index contributed by atoms with van der Waals surface area (Å²) in [6, 6.07) is 8.35. The Kier molecular flexibility index (Phi) is 13.8. The first-order valence-corrected chi connectivity index (χ1v) is 4.79. The molecule has 1 rings (SSSR count). The zero-order chi connectivity index (χ0) is 14.4. The van der Waals surface area contributed by atoms with Gasteiger partial charge in [-0.1, -0.05) is 18.2 Å². The van der Waals surface area contributed by atoms with Crippen molar-refractivity contribution in [1.82, 2.24) is 0 Å². The summed E-state index contributed by atoms with van der Waals surface area (Å²) in [7, 11) is 0. The second-order valence-electron chi connectivity index (χ2n) is 2.70. The van der Waals surface area contributed by atoms with E-state index in [4.69, 9.17) is 20.4 Å². The van der Waals surface area contributed by atoms with Crippen LogP contribution in [0, 0.1) is 0 Å². The van der Waals surface area contributed by atoms with Crippen LogP contribution in [0.25, 0.3) is 0 Å². The summed E-state index contributed by atoms with van der Waals surface area (Å²) in [5, 5.41) is 32.2. The van der Waals surface area contributed by atoms with Crippen LogP contribution in [0.15, 0.2) is 30.3 Å². The number of para-hydroxylation sites is 1. The van der Waals surface area contributed by atoms with Crippen molar-refractivity contribution in [3.05, 3.63) is 30.3 Å². The van der Waals surface area contributed by atoms with E-state index < -0.39 is 12.3 Å². The predicted octanol–water partition coefficient (Wildman–Crippen LogP) is -1.11. The molecule has 0 atom stereocenters. The number of aliphatic hydroxyl groups is 3. The van der Waals surface area contributed by atoms with E-state index in [1.165, 1.54) is 0 Å². The lowest BCUT2D eigenvalue weighted by atomic mass is 10.3. The molecule has 0 bridgehead atoms. The van der Waals surface area contributed by atoms with Gasteiger partial charge in [0.05, 0.1) is 13.2 Å². The third-order valence-corrected chi connectivity index (χ3v) is 1.37. The van der Waals surface area contributed by atoms with E-state index in [9.17, 15) is 4.79 Å². The van der Waals surface area contributed by atoms with E-state index in [2.05, 4.69) is 16.4 Å². The van der Waals surface area contributed by atoms with Crippen LogP contribution in [0.1, 0.15) is 0 Å². The molecule has 0 aliphatic rings. The molecule has 0 saturated heterocycles. The van der Waals surface area contributed by atoms with Crippen LogP contribution < -0.4 is 16.4 Å². The molecule has 0 fully saturated rings. The minimum absolute atomic E-state index is 0.343. The summed E-state index contributed by atoms with van der Waals surface area (Å²) in [6.45, 7) is -0.729. The molecule has 0 radical (unpaired) electrons. The maximum Gasteiger partial charge on any atom is 0.511 e. The van der Waals surface area contributed by atoms with Crippen molar-refractivity contribution >= 4 is 6.16 Å². The normalized spacial score (nSPS) is 8.56. The van der Waals surface area contributed by atoms with Crippen molar-refractivity contribution in [2.45, 2.75) is 6.10 Å². The van der Waals surface area contributed by atoms with E-state index in [1.807, 2.05) is 0 Å². The Bertz CT molecular complexity index is 292. The number of hydrazine groups is 1. The molecule has 1 aromatic carbocycles. The number of hydrogen-bond donors (Lipinski definition) is 6. The van der Waals surface area contributed by atoms with Gasteiger partial charge in [0.15, 0.2) is 0 Å². The first kappa shape index (κ1) is 18.6. The molecule has 0 amide bonds. The Labute approximate surface area is 104 Å². The predicted molar refractivity (Wildman–Crippen MR) is 63.6 cm³/mol. The van der Waals surface area contributed by atoms with Gasteiger partial charge >= 0.3 is 6.16 Å². The minimum atomic E-state index is -1.29. The fourth-order valence-electron chi connectivity index (χ4n) is 0.647. The monoisotopic (exact) mass is 262 g/mol. The number of rotatable bonds is 3. The van der Waals surface area contributed by atoms with Crippen molar-refractivity contribution in [3.63, 3.8) is 0 Å². The molecule has 0 saturated carbocycles. The number of ether oxygens (including phenoxy) is 1. The van der Waals surface area contributed by atoms with Gasteiger partial charge in [-0.05, 0) is 12.1 Å². The average Bonchev–Trinajstić information content (AvgIpc) is 2.41. The summed E-state index contributed by atoms with van der Waals surface area (Å²) < 4.78 is 4.33. The molecule has 0 spiro atoms. The fourth-order valence-corrected chi connectivity index (χ4v) is 0.647. The van der Waals surface area contributed by atoms with Gasteiger partial charge in [0.1, 0.15) is 11.9 Å². The molecule has 0 aliphatic carbocycles. The van der Waals surface area contributed by atoms with Gasteiger partial charge in [-0.15, -0.1) is 0 Å². The number of benzene rings is 1. The van der Waals surface area contributed by atoms with Crippen molar-refractivity contribution in [2.75, 3.05) is 13.2 Å². The van der Waals surface area contributed by atoms with E-state index in [0.717, 1.165) is 0 Å². The number of hydrogen-bond acceptors (Lipinski definition) is 7. The van der Waals surface area contributed by atoms with Crippen LogP contribution >= 0.6 is 0 Å². The quantitative estimate of drug-likeness (QED) is 0.173. The molecule has 8 nitrogen and oxygen atoms in total. The van der Waals surface area contributed by atoms with E-state index >= 15 is 0 Å². The Morgan fingerprint density at radius 2 is 1.61 bits per heavy atom. The molecule has 0 unspecified atom stereocenters. The highest BCUT2D eigenvalue weighted by Gasteiger charge is 1.96. The summed E-state index contributed by atoms with van der Waals surface area (Å²) >= 11 is 0. The van der Waals surface area contributed by atoms with Crippen LogP contribution in [0.3, 0.4) is 0 Å². The Hall–Kier alpha value is -1.71. The molecule has 18 heavy (non-hydrogen) atoms. The topological polar surface area (TPSA) is 159 Å². The Morgan fingerprint density at radius 3 is 1.89 bits per heavy atom. The summed E-state index contributed by atoms with van der Waals surface area (Å²) in [4.78, 5) is 9.95. The molecule has 0 heterocycles. The van der Waals surface area contributed by atoms with Gasteiger partial charge in [-0.25, -0.2) is 4.79 Å². The zero-order valence-electron chi connectivity index (χ0n) is 9.64. The van der Waals surface area contributed by atoms with Gasteiger partial charge in [0.25, 0.3) is 0 Å². The molecule has 0 aliphatic heterocycles. The average molecular weight is 262 g/mol. The highest BCUT2D eigenvalue weighted by molar-refractivity contribution is 5.60. The third kappa shape index (κ3) is 12.4. The van der Waals surface area contributed by atoms with Crippen molar-refractivity contribution in [2.24, 2.45) is 11.7 Å². The molecule has 8 heteroatoms. The maximum atomic E-state index is 9.95. The summed E-state index contributed by atoms with van der Waals surface area (Å²) in [5.74, 6) is 8.34. The SMILES string of the molecule is NN.O=C(O)Oc1ccccc1.OCC(O)CO. The molecule has 8 N–H and O–H groups in total. The van der Waals surface area contributed by atoms with E-state index in [-0.39, 0.29) is 13.2 Å². The minimum Gasteiger partial charge on any atom is -0.449 e. The van der Waals surface area contributed by atoms with Gasteiger partial charge in [0, 0.05) is 0 Å². The lowest BCUT2D eigenvalue weighted by Gasteiger charge is -1.96. The lowest BCUT2D eigenvalue weighted by Crippen LogP contribution is -2.15. The fraction of sp³-hybridized carbons (Fsp3) is 0.300. The van der Waals surface area contributed by atoms with Gasteiger partial charge in [0.2, 0.25) is 0 Å². The molecular weight excluding hydrogens is 244 g/mol. The smallest absolute Gasteiger partial charge is 0.449 e. The number of aliphatic hydroxyl groups excluding tert-OH is 3.